The van der Waals surface area contributed by atoms with Crippen LogP contribution in [0.15, 0.2) is 65.8 Å². The van der Waals surface area contributed by atoms with Gasteiger partial charge in [0.05, 0.1) is 5.75 Å². The smallest absolute Gasteiger partial charge is 0.248 e. The Morgan fingerprint density at radius 3 is 2.46 bits per heavy atom. The fourth-order valence-electron chi connectivity index (χ4n) is 2.38. The molecule has 0 radical (unpaired) electrons. The molecular weight excluding hydrogens is 398 g/mol. The lowest BCUT2D eigenvalue weighted by Crippen LogP contribution is -2.42. The number of benzene rings is 2. The number of carbonyl (C=O) groups is 2. The molecular formula is C19H18ClN5O2S. The van der Waals surface area contributed by atoms with Crippen LogP contribution in [0, 0.1) is 0 Å². The van der Waals surface area contributed by atoms with E-state index >= 15 is 0 Å². The Hall–Kier alpha value is -2.84. The standard InChI is InChI=1S/C19H18ClN5O2S/c20-14-6-8-16(9-7-14)28-12-19(27)24-23-18(26)11-10-17-22-21-13-25(17)15-4-2-1-3-5-15/h1-9,13H,10-12H2,(H,23,26)(H,24,27). The van der Waals surface area contributed by atoms with Crippen LogP contribution < -0.4 is 10.9 Å². The van der Waals surface area contributed by atoms with Gasteiger partial charge >= 0.3 is 0 Å². The van der Waals surface area contributed by atoms with Crippen molar-refractivity contribution in [3.8, 4) is 5.69 Å². The van der Waals surface area contributed by atoms with Crippen LogP contribution in [0.5, 0.6) is 0 Å². The number of nitrogens with zero attached hydrogens (tertiary/aromatic N) is 3. The summed E-state index contributed by atoms with van der Waals surface area (Å²) in [6.07, 6.45) is 2.19. The van der Waals surface area contributed by atoms with E-state index in [9.17, 15) is 9.59 Å². The molecule has 0 aliphatic rings. The van der Waals surface area contributed by atoms with Crippen LogP contribution >= 0.6 is 23.4 Å². The summed E-state index contributed by atoms with van der Waals surface area (Å²) in [5.41, 5.74) is 5.76. The Morgan fingerprint density at radius 1 is 1.00 bits per heavy atom. The maximum absolute atomic E-state index is 12.0. The molecule has 1 heterocycles. The number of aryl methyl sites for hydroxylation is 1. The molecule has 0 saturated carbocycles. The molecule has 0 unspecified atom stereocenters. The summed E-state index contributed by atoms with van der Waals surface area (Å²) in [6.45, 7) is 0. The number of hydrogen-bond donors (Lipinski definition) is 2. The van der Waals surface area contributed by atoms with Crippen molar-refractivity contribution in [2.45, 2.75) is 17.7 Å². The molecule has 0 saturated heterocycles. The van der Waals surface area contributed by atoms with E-state index in [1.54, 1.807) is 18.5 Å². The molecule has 0 spiro atoms. The highest BCUT2D eigenvalue weighted by Crippen LogP contribution is 2.19. The number of rotatable bonds is 7. The topological polar surface area (TPSA) is 88.9 Å². The first kappa shape index (κ1) is 19.9. The van der Waals surface area contributed by atoms with Gasteiger partial charge in [0, 0.05) is 28.4 Å². The molecule has 7 nitrogen and oxygen atoms in total. The maximum Gasteiger partial charge on any atom is 0.248 e. The second kappa shape index (κ2) is 9.91. The van der Waals surface area contributed by atoms with E-state index in [1.165, 1.54) is 11.8 Å². The van der Waals surface area contributed by atoms with Crippen molar-refractivity contribution >= 4 is 35.2 Å². The molecule has 28 heavy (non-hydrogen) atoms. The van der Waals surface area contributed by atoms with E-state index in [0.29, 0.717) is 17.3 Å². The van der Waals surface area contributed by atoms with Gasteiger partial charge in [0.25, 0.3) is 0 Å². The second-order valence-electron chi connectivity index (χ2n) is 5.79. The molecule has 2 N–H and O–H groups in total. The molecule has 0 aliphatic heterocycles. The summed E-state index contributed by atoms with van der Waals surface area (Å²) in [5, 5.41) is 8.61. The van der Waals surface area contributed by atoms with Crippen molar-refractivity contribution in [3.05, 3.63) is 71.8 Å². The van der Waals surface area contributed by atoms with E-state index in [-0.39, 0.29) is 24.0 Å². The highest BCUT2D eigenvalue weighted by molar-refractivity contribution is 8.00. The Labute approximate surface area is 171 Å². The van der Waals surface area contributed by atoms with Gasteiger partial charge in [-0.05, 0) is 36.4 Å². The lowest BCUT2D eigenvalue weighted by Gasteiger charge is -2.08. The van der Waals surface area contributed by atoms with Crippen LogP contribution in [-0.2, 0) is 16.0 Å². The number of thioether (sulfide) groups is 1. The van der Waals surface area contributed by atoms with Gasteiger partial charge in [0.2, 0.25) is 11.8 Å². The lowest BCUT2D eigenvalue weighted by molar-refractivity contribution is -0.127. The molecule has 9 heteroatoms. The van der Waals surface area contributed by atoms with Crippen molar-refractivity contribution in [2.75, 3.05) is 5.75 Å². The molecule has 1 aromatic heterocycles. The highest BCUT2D eigenvalue weighted by Gasteiger charge is 2.10. The quantitative estimate of drug-likeness (QED) is 0.457. The zero-order chi connectivity index (χ0) is 19.8. The molecule has 144 valence electrons. The number of hydrogen-bond acceptors (Lipinski definition) is 5. The first-order valence-electron chi connectivity index (χ1n) is 8.52. The van der Waals surface area contributed by atoms with Crippen LogP contribution in [0.1, 0.15) is 12.2 Å². The number of halogens is 1. The summed E-state index contributed by atoms with van der Waals surface area (Å²) >= 11 is 7.18. The number of carbonyl (C=O) groups excluding carboxylic acids is 2. The van der Waals surface area contributed by atoms with Gasteiger partial charge in [0.15, 0.2) is 0 Å². The molecule has 2 aromatic carbocycles. The van der Waals surface area contributed by atoms with E-state index in [2.05, 4.69) is 21.0 Å². The van der Waals surface area contributed by atoms with Crippen molar-refractivity contribution in [1.82, 2.24) is 25.6 Å². The number of para-hydroxylation sites is 1. The minimum absolute atomic E-state index is 0.177. The van der Waals surface area contributed by atoms with E-state index in [1.807, 2.05) is 47.0 Å². The normalized spacial score (nSPS) is 10.5. The third kappa shape index (κ3) is 5.83. The summed E-state index contributed by atoms with van der Waals surface area (Å²) in [4.78, 5) is 24.8. The van der Waals surface area contributed by atoms with Gasteiger partial charge in [-0.1, -0.05) is 29.8 Å². The molecule has 0 bridgehead atoms. The minimum atomic E-state index is -0.299. The van der Waals surface area contributed by atoms with Gasteiger partial charge < -0.3 is 0 Å². The fourth-order valence-corrected chi connectivity index (χ4v) is 3.20. The average molecular weight is 416 g/mol. The number of hydrazine groups is 1. The maximum atomic E-state index is 12.0. The van der Waals surface area contributed by atoms with Crippen LogP contribution in [0.25, 0.3) is 5.69 Å². The second-order valence-corrected chi connectivity index (χ2v) is 7.28. The van der Waals surface area contributed by atoms with Crippen molar-refractivity contribution < 1.29 is 9.59 Å². The number of aromatic nitrogens is 3. The summed E-state index contributed by atoms with van der Waals surface area (Å²) in [7, 11) is 0. The number of amides is 2. The fraction of sp³-hybridized carbons (Fsp3) is 0.158. The van der Waals surface area contributed by atoms with Gasteiger partial charge in [-0.2, -0.15) is 0 Å². The first-order chi connectivity index (χ1) is 13.6. The van der Waals surface area contributed by atoms with Crippen LogP contribution in [-0.4, -0.2) is 32.3 Å². The highest BCUT2D eigenvalue weighted by atomic mass is 35.5. The monoisotopic (exact) mass is 415 g/mol. The Balaban J connectivity index is 1.41. The zero-order valence-electron chi connectivity index (χ0n) is 14.8. The van der Waals surface area contributed by atoms with Crippen molar-refractivity contribution in [1.29, 1.82) is 0 Å². The van der Waals surface area contributed by atoms with E-state index in [0.717, 1.165) is 10.6 Å². The Morgan fingerprint density at radius 2 is 1.71 bits per heavy atom. The van der Waals surface area contributed by atoms with Crippen LogP contribution in [0.2, 0.25) is 5.02 Å². The average Bonchev–Trinajstić information content (AvgIpc) is 3.19. The zero-order valence-corrected chi connectivity index (χ0v) is 16.4. The predicted octanol–water partition coefficient (Wildman–Crippen LogP) is 2.79. The molecule has 0 atom stereocenters. The summed E-state index contributed by atoms with van der Waals surface area (Å²) in [5.74, 6) is 0.267. The van der Waals surface area contributed by atoms with Crippen molar-refractivity contribution in [2.24, 2.45) is 0 Å². The molecule has 3 rings (SSSR count). The van der Waals surface area contributed by atoms with Gasteiger partial charge in [-0.3, -0.25) is 25.0 Å². The molecule has 2 amide bonds. The third-order valence-corrected chi connectivity index (χ3v) is 5.02. The molecule has 0 aliphatic carbocycles. The Kier molecular flexibility index (Phi) is 7.05. The van der Waals surface area contributed by atoms with Gasteiger partial charge in [-0.25, -0.2) is 0 Å². The molecule has 3 aromatic rings. The van der Waals surface area contributed by atoms with Gasteiger partial charge in [-0.15, -0.1) is 22.0 Å². The van der Waals surface area contributed by atoms with Crippen LogP contribution in [0.3, 0.4) is 0 Å². The molecule has 0 fully saturated rings. The lowest BCUT2D eigenvalue weighted by atomic mass is 10.2. The van der Waals surface area contributed by atoms with Gasteiger partial charge in [0.1, 0.15) is 12.2 Å². The van der Waals surface area contributed by atoms with E-state index in [4.69, 9.17) is 11.6 Å². The first-order valence-corrected chi connectivity index (χ1v) is 9.88. The third-order valence-electron chi connectivity index (χ3n) is 3.75. The largest absolute Gasteiger partial charge is 0.286 e. The number of nitrogens with one attached hydrogen (secondary N) is 2. The van der Waals surface area contributed by atoms with E-state index < -0.39 is 0 Å². The summed E-state index contributed by atoms with van der Waals surface area (Å²) < 4.78 is 1.83. The minimum Gasteiger partial charge on any atom is -0.286 e. The SMILES string of the molecule is O=C(CCc1nncn1-c1ccccc1)NNC(=O)CSc1ccc(Cl)cc1. The Bertz CT molecular complexity index is 931. The summed E-state index contributed by atoms with van der Waals surface area (Å²) in [6, 6.07) is 16.8. The van der Waals surface area contributed by atoms with Crippen LogP contribution in [0.4, 0.5) is 0 Å². The predicted molar refractivity (Wildman–Crippen MR) is 108 cm³/mol. The van der Waals surface area contributed by atoms with Crippen molar-refractivity contribution in [3.63, 3.8) is 0 Å².